The van der Waals surface area contributed by atoms with Gasteiger partial charge in [-0.2, -0.15) is 0 Å². The van der Waals surface area contributed by atoms with Crippen LogP contribution >= 0.6 is 11.8 Å². The van der Waals surface area contributed by atoms with E-state index in [1.807, 2.05) is 0 Å². The fourth-order valence-electron chi connectivity index (χ4n) is 0.943. The molecule has 0 N–H and O–H groups in total. The Bertz CT molecular complexity index is 349. The normalized spacial score (nSPS) is 9.62. The third-order valence-corrected chi connectivity index (χ3v) is 2.36. The highest BCUT2D eigenvalue weighted by Gasteiger charge is 2.12. The zero-order valence-electron chi connectivity index (χ0n) is 7.11. The van der Waals surface area contributed by atoms with Gasteiger partial charge in [0.05, 0.1) is 9.82 Å². The summed E-state index contributed by atoms with van der Waals surface area (Å²) in [5.41, 5.74) is 0.755. The van der Waals surface area contributed by atoms with Crippen molar-refractivity contribution in [3.8, 4) is 0 Å². The fourth-order valence-corrected chi connectivity index (χ4v) is 1.49. The average molecular weight is 194 g/mol. The van der Waals surface area contributed by atoms with Crippen molar-refractivity contribution < 1.29 is 4.92 Å². The molecule has 13 heavy (non-hydrogen) atoms. The van der Waals surface area contributed by atoms with Crippen LogP contribution < -0.4 is 0 Å². The van der Waals surface area contributed by atoms with Crippen LogP contribution in [-0.2, 0) is 0 Å². The molecule has 0 aliphatic carbocycles. The fraction of sp³-hybridized carbons (Fsp3) is 0.111. The Balaban J connectivity index is 3.25. The molecule has 0 fully saturated rings. The molecule has 0 atom stereocenters. The van der Waals surface area contributed by atoms with Crippen molar-refractivity contribution in [2.45, 2.75) is 4.90 Å². The smallest absolute Gasteiger partial charge is 0.258 e. The Morgan fingerprint density at radius 1 is 1.62 bits per heavy atom. The zero-order valence-corrected chi connectivity index (χ0v) is 7.93. The van der Waals surface area contributed by atoms with Gasteiger partial charge in [-0.1, -0.05) is 12.6 Å². The second-order valence-electron chi connectivity index (χ2n) is 2.32. The molecule has 0 amide bonds. The number of nitro groups is 1. The van der Waals surface area contributed by atoms with Crippen molar-refractivity contribution in [1.82, 2.24) is 0 Å². The number of benzene rings is 1. The van der Waals surface area contributed by atoms with Crippen LogP contribution in [0.25, 0.3) is 0 Å². The number of nitro benzene ring substituents is 1. The van der Waals surface area contributed by atoms with E-state index in [1.54, 1.807) is 18.4 Å². The van der Waals surface area contributed by atoms with Crippen molar-refractivity contribution in [2.24, 2.45) is 0 Å². The molecule has 1 radical (unpaired) electrons. The minimum Gasteiger partial charge on any atom is -0.258 e. The predicted octanol–water partition coefficient (Wildman–Crippen LogP) is 2.65. The first kappa shape index (κ1) is 9.80. The average Bonchev–Trinajstić information content (AvgIpc) is 2.16. The molecule has 67 valence electrons. The molecular weight excluding hydrogens is 186 g/mol. The zero-order chi connectivity index (χ0) is 9.84. The molecule has 0 heterocycles. The highest BCUT2D eigenvalue weighted by atomic mass is 32.2. The molecule has 0 saturated heterocycles. The lowest BCUT2D eigenvalue weighted by Crippen LogP contribution is -1.91. The van der Waals surface area contributed by atoms with Crippen LogP contribution in [0.15, 0.2) is 29.7 Å². The largest absolute Gasteiger partial charge is 0.283 e. The summed E-state index contributed by atoms with van der Waals surface area (Å²) in [5, 5.41) is 10.6. The molecule has 3 nitrogen and oxygen atoms in total. The summed E-state index contributed by atoms with van der Waals surface area (Å²) in [7, 11) is 0. The lowest BCUT2D eigenvalue weighted by atomic mass is 10.2. The molecule has 0 aliphatic rings. The van der Waals surface area contributed by atoms with Crippen molar-refractivity contribution in [2.75, 3.05) is 6.26 Å². The van der Waals surface area contributed by atoms with E-state index < -0.39 is 4.92 Å². The minimum atomic E-state index is -0.396. The lowest BCUT2D eigenvalue weighted by molar-refractivity contribution is -0.387. The summed E-state index contributed by atoms with van der Waals surface area (Å²) in [6.07, 6.45) is 4.42. The maximum Gasteiger partial charge on any atom is 0.283 e. The van der Waals surface area contributed by atoms with Crippen LogP contribution in [0.5, 0.6) is 0 Å². The van der Waals surface area contributed by atoms with Crippen molar-refractivity contribution in [1.29, 1.82) is 0 Å². The van der Waals surface area contributed by atoms with E-state index in [0.29, 0.717) is 10.5 Å². The molecular formula is C9H8NO2S. The second kappa shape index (κ2) is 4.09. The Morgan fingerprint density at radius 2 is 2.31 bits per heavy atom. The van der Waals surface area contributed by atoms with Crippen LogP contribution in [0, 0.1) is 16.2 Å². The van der Waals surface area contributed by atoms with Gasteiger partial charge >= 0.3 is 0 Å². The molecule has 1 aromatic rings. The monoisotopic (exact) mass is 194 g/mol. The van der Waals surface area contributed by atoms with Crippen LogP contribution in [0.4, 0.5) is 5.69 Å². The quantitative estimate of drug-likeness (QED) is 0.422. The van der Waals surface area contributed by atoms with Gasteiger partial charge < -0.3 is 0 Å². The van der Waals surface area contributed by atoms with Gasteiger partial charge in [-0.3, -0.25) is 10.1 Å². The summed E-state index contributed by atoms with van der Waals surface area (Å²) in [6.45, 7) is 3.43. The minimum absolute atomic E-state index is 0.112. The first-order valence-electron chi connectivity index (χ1n) is 3.54. The van der Waals surface area contributed by atoms with Crippen LogP contribution in [0.3, 0.4) is 0 Å². The van der Waals surface area contributed by atoms with Gasteiger partial charge in [-0.25, -0.2) is 0 Å². The molecule has 1 aromatic carbocycles. The van der Waals surface area contributed by atoms with Gasteiger partial charge in [0.1, 0.15) is 0 Å². The molecule has 0 unspecified atom stereocenters. The van der Waals surface area contributed by atoms with Crippen LogP contribution in [0.2, 0.25) is 0 Å². The summed E-state index contributed by atoms with van der Waals surface area (Å²) < 4.78 is 0. The van der Waals surface area contributed by atoms with Gasteiger partial charge in [-0.15, -0.1) is 11.8 Å². The summed E-state index contributed by atoms with van der Waals surface area (Å²) in [5.74, 6) is 0. The van der Waals surface area contributed by atoms with Gasteiger partial charge in [0, 0.05) is 6.07 Å². The SMILES string of the molecule is C=[C]c1ccc(SC)c([N+](=O)[O-])c1. The van der Waals surface area contributed by atoms with Crippen molar-refractivity contribution in [3.63, 3.8) is 0 Å². The van der Waals surface area contributed by atoms with Gasteiger partial charge in [-0.05, 0) is 24.0 Å². The highest BCUT2D eigenvalue weighted by Crippen LogP contribution is 2.27. The summed E-state index contributed by atoms with van der Waals surface area (Å²) >= 11 is 1.35. The van der Waals surface area contributed by atoms with E-state index >= 15 is 0 Å². The molecule has 4 heteroatoms. The Morgan fingerprint density at radius 3 is 2.77 bits per heavy atom. The molecule has 0 spiro atoms. The summed E-state index contributed by atoms with van der Waals surface area (Å²) in [6, 6.07) is 4.93. The molecule has 0 saturated carbocycles. The Kier molecular flexibility index (Phi) is 3.08. The third kappa shape index (κ3) is 2.09. The predicted molar refractivity (Wildman–Crippen MR) is 52.8 cm³/mol. The molecule has 0 aliphatic heterocycles. The Labute approximate surface area is 80.6 Å². The van der Waals surface area contributed by atoms with Crippen molar-refractivity contribution in [3.05, 3.63) is 46.5 Å². The molecule has 0 bridgehead atoms. The topological polar surface area (TPSA) is 43.1 Å². The van der Waals surface area contributed by atoms with E-state index in [-0.39, 0.29) is 5.69 Å². The maximum atomic E-state index is 10.6. The maximum absolute atomic E-state index is 10.6. The number of rotatable bonds is 3. The first-order valence-corrected chi connectivity index (χ1v) is 4.77. The van der Waals surface area contributed by atoms with Gasteiger partial charge in [0.25, 0.3) is 5.69 Å². The number of hydrogen-bond acceptors (Lipinski definition) is 3. The first-order chi connectivity index (χ1) is 6.19. The standard InChI is InChI=1S/C9H8NO2S/c1-3-7-4-5-9(13-2)8(6-7)10(11)12/h4-6H,1H2,2H3. The Hall–Kier alpha value is -1.29. The van der Waals surface area contributed by atoms with E-state index in [1.165, 1.54) is 17.8 Å². The lowest BCUT2D eigenvalue weighted by Gasteiger charge is -1.99. The number of nitrogens with zero attached hydrogens (tertiary/aromatic N) is 1. The van der Waals surface area contributed by atoms with E-state index in [9.17, 15) is 10.1 Å². The van der Waals surface area contributed by atoms with Crippen molar-refractivity contribution >= 4 is 17.4 Å². The molecule has 0 aromatic heterocycles. The molecule has 1 rings (SSSR count). The number of thioether (sulfide) groups is 1. The van der Waals surface area contributed by atoms with E-state index in [4.69, 9.17) is 0 Å². The second-order valence-corrected chi connectivity index (χ2v) is 3.17. The van der Waals surface area contributed by atoms with E-state index in [2.05, 4.69) is 12.7 Å². The van der Waals surface area contributed by atoms with Crippen LogP contribution in [0.1, 0.15) is 5.56 Å². The van der Waals surface area contributed by atoms with Gasteiger partial charge in [0.15, 0.2) is 0 Å². The van der Waals surface area contributed by atoms with Crippen LogP contribution in [-0.4, -0.2) is 11.2 Å². The van der Waals surface area contributed by atoms with E-state index in [0.717, 1.165) is 0 Å². The van der Waals surface area contributed by atoms with Gasteiger partial charge in [0.2, 0.25) is 0 Å². The summed E-state index contributed by atoms with van der Waals surface area (Å²) in [4.78, 5) is 10.9. The third-order valence-electron chi connectivity index (χ3n) is 1.58. The number of hydrogen-bond donors (Lipinski definition) is 0. The highest BCUT2D eigenvalue weighted by molar-refractivity contribution is 7.98.